The van der Waals surface area contributed by atoms with E-state index in [0.29, 0.717) is 5.69 Å². The molecule has 2 aromatic rings. The number of aryl methyl sites for hydroxylation is 2. The average molecular weight is 229 g/mol. The van der Waals surface area contributed by atoms with E-state index in [1.807, 2.05) is 36.9 Å². The van der Waals surface area contributed by atoms with Crippen molar-refractivity contribution in [2.24, 2.45) is 7.05 Å². The molecule has 0 aliphatic heterocycles. The van der Waals surface area contributed by atoms with Gasteiger partial charge in [-0.05, 0) is 31.4 Å². The minimum atomic E-state index is 0.550. The molecule has 0 unspecified atom stereocenters. The summed E-state index contributed by atoms with van der Waals surface area (Å²) in [6.07, 6.45) is 6.11. The summed E-state index contributed by atoms with van der Waals surface area (Å²) in [5.74, 6) is 0.869. The Kier molecular flexibility index (Phi) is 3.32. The van der Waals surface area contributed by atoms with Gasteiger partial charge in [-0.3, -0.25) is 9.78 Å². The summed E-state index contributed by atoms with van der Waals surface area (Å²) in [5, 5.41) is 0. The third-order valence-corrected chi connectivity index (χ3v) is 2.95. The minimum Gasteiger partial charge on any atom is -0.335 e. The second-order valence-corrected chi connectivity index (χ2v) is 4.03. The highest BCUT2D eigenvalue weighted by atomic mass is 16.1. The maximum absolute atomic E-state index is 10.9. The van der Waals surface area contributed by atoms with E-state index < -0.39 is 0 Å². The second-order valence-electron chi connectivity index (χ2n) is 4.03. The van der Waals surface area contributed by atoms with Gasteiger partial charge < -0.3 is 4.57 Å². The number of aldehydes is 1. The van der Waals surface area contributed by atoms with Gasteiger partial charge in [-0.15, -0.1) is 0 Å². The second kappa shape index (κ2) is 4.91. The van der Waals surface area contributed by atoms with Gasteiger partial charge in [0.2, 0.25) is 0 Å². The molecule has 0 saturated heterocycles. The lowest BCUT2D eigenvalue weighted by molar-refractivity contribution is 0.111. The summed E-state index contributed by atoms with van der Waals surface area (Å²) in [4.78, 5) is 19.2. The summed E-state index contributed by atoms with van der Waals surface area (Å²) >= 11 is 0. The van der Waals surface area contributed by atoms with Crippen molar-refractivity contribution in [3.8, 4) is 0 Å². The molecule has 88 valence electrons. The van der Waals surface area contributed by atoms with Crippen molar-refractivity contribution in [3.63, 3.8) is 0 Å². The van der Waals surface area contributed by atoms with Gasteiger partial charge in [0.15, 0.2) is 6.29 Å². The molecule has 0 fully saturated rings. The van der Waals surface area contributed by atoms with Crippen LogP contribution in [0, 0.1) is 6.92 Å². The van der Waals surface area contributed by atoms with Crippen LogP contribution in [-0.2, 0) is 19.9 Å². The first-order valence-corrected chi connectivity index (χ1v) is 5.58. The van der Waals surface area contributed by atoms with Gasteiger partial charge in [-0.1, -0.05) is 6.07 Å². The van der Waals surface area contributed by atoms with Crippen LogP contribution >= 0.6 is 0 Å². The predicted molar refractivity (Wildman–Crippen MR) is 65.0 cm³/mol. The summed E-state index contributed by atoms with van der Waals surface area (Å²) in [6, 6.07) is 3.96. The summed E-state index contributed by atoms with van der Waals surface area (Å²) in [5.41, 5.74) is 2.71. The molecule has 2 aromatic heterocycles. The van der Waals surface area contributed by atoms with Gasteiger partial charge in [-0.2, -0.15) is 0 Å². The number of imidazole rings is 1. The minimum absolute atomic E-state index is 0.550. The first-order chi connectivity index (χ1) is 8.22. The first kappa shape index (κ1) is 11.5. The van der Waals surface area contributed by atoms with Crippen LogP contribution in [0.2, 0.25) is 0 Å². The lowest BCUT2D eigenvalue weighted by Crippen LogP contribution is -2.02. The Morgan fingerprint density at radius 3 is 2.88 bits per heavy atom. The third kappa shape index (κ3) is 2.41. The molecule has 0 aliphatic rings. The molecule has 0 aromatic carbocycles. The molecule has 0 radical (unpaired) electrons. The molecular weight excluding hydrogens is 214 g/mol. The fourth-order valence-electron chi connectivity index (χ4n) is 1.88. The monoisotopic (exact) mass is 229 g/mol. The zero-order valence-electron chi connectivity index (χ0n) is 10.1. The molecule has 0 spiro atoms. The van der Waals surface area contributed by atoms with Crippen LogP contribution in [-0.4, -0.2) is 20.8 Å². The quantitative estimate of drug-likeness (QED) is 0.750. The number of carbonyl (C=O) groups is 1. The first-order valence-electron chi connectivity index (χ1n) is 5.58. The van der Waals surface area contributed by atoms with Crippen molar-refractivity contribution < 1.29 is 4.79 Å². The molecule has 2 rings (SSSR count). The molecule has 2 heterocycles. The summed E-state index contributed by atoms with van der Waals surface area (Å²) < 4.78 is 1.97. The topological polar surface area (TPSA) is 47.8 Å². The zero-order valence-corrected chi connectivity index (χ0v) is 10.1. The summed E-state index contributed by atoms with van der Waals surface area (Å²) in [6.45, 7) is 1.90. The Bertz CT molecular complexity index is 517. The smallest absolute Gasteiger partial charge is 0.170 e. The van der Waals surface area contributed by atoms with Crippen molar-refractivity contribution in [2.45, 2.75) is 19.8 Å². The summed E-state index contributed by atoms with van der Waals surface area (Å²) in [7, 11) is 1.94. The fraction of sp³-hybridized carbons (Fsp3) is 0.308. The average Bonchev–Trinajstić information content (AvgIpc) is 2.64. The van der Waals surface area contributed by atoms with Gasteiger partial charge in [0.1, 0.15) is 11.5 Å². The van der Waals surface area contributed by atoms with Crippen LogP contribution in [0.25, 0.3) is 0 Å². The highest BCUT2D eigenvalue weighted by molar-refractivity contribution is 5.73. The molecule has 0 N–H and O–H groups in total. The molecule has 4 heteroatoms. The highest BCUT2D eigenvalue weighted by Gasteiger charge is 2.11. The molecule has 0 atom stereocenters. The van der Waals surface area contributed by atoms with Crippen LogP contribution in [0.15, 0.2) is 24.5 Å². The van der Waals surface area contributed by atoms with Gasteiger partial charge in [-0.25, -0.2) is 4.98 Å². The lowest BCUT2D eigenvalue weighted by Gasteiger charge is -2.04. The van der Waals surface area contributed by atoms with E-state index in [-0.39, 0.29) is 0 Å². The Hall–Kier alpha value is -1.97. The standard InChI is InChI=1S/C13H15N3O/c1-10-15-12(9-17)13(16(10)2)6-5-11-4-3-7-14-8-11/h3-4,7-9H,5-6H2,1-2H3. The van der Waals surface area contributed by atoms with Crippen molar-refractivity contribution in [3.05, 3.63) is 47.3 Å². The largest absolute Gasteiger partial charge is 0.335 e. The maximum atomic E-state index is 10.9. The fourth-order valence-corrected chi connectivity index (χ4v) is 1.88. The van der Waals surface area contributed by atoms with Crippen LogP contribution in [0.3, 0.4) is 0 Å². The van der Waals surface area contributed by atoms with E-state index >= 15 is 0 Å². The SMILES string of the molecule is Cc1nc(C=O)c(CCc2cccnc2)n1C. The Labute approximate surface area is 100 Å². The third-order valence-electron chi connectivity index (χ3n) is 2.95. The van der Waals surface area contributed by atoms with Crippen molar-refractivity contribution >= 4 is 6.29 Å². The number of carbonyl (C=O) groups excluding carboxylic acids is 1. The number of pyridine rings is 1. The van der Waals surface area contributed by atoms with E-state index in [0.717, 1.165) is 30.6 Å². The maximum Gasteiger partial charge on any atom is 0.170 e. The normalized spacial score (nSPS) is 10.5. The number of aromatic nitrogens is 3. The Morgan fingerprint density at radius 1 is 1.41 bits per heavy atom. The number of nitrogens with zero attached hydrogens (tertiary/aromatic N) is 3. The predicted octanol–water partition coefficient (Wildman–Crippen LogP) is 1.72. The van der Waals surface area contributed by atoms with E-state index in [1.165, 1.54) is 5.56 Å². The van der Waals surface area contributed by atoms with Crippen LogP contribution < -0.4 is 0 Å². The van der Waals surface area contributed by atoms with E-state index in [2.05, 4.69) is 9.97 Å². The molecule has 0 aliphatic carbocycles. The Morgan fingerprint density at radius 2 is 2.24 bits per heavy atom. The Balaban J connectivity index is 2.16. The molecule has 0 amide bonds. The molecule has 4 nitrogen and oxygen atoms in total. The van der Waals surface area contributed by atoms with E-state index in [1.54, 1.807) is 6.20 Å². The zero-order chi connectivity index (χ0) is 12.3. The van der Waals surface area contributed by atoms with Crippen molar-refractivity contribution in [1.29, 1.82) is 0 Å². The van der Waals surface area contributed by atoms with Crippen LogP contribution in [0.4, 0.5) is 0 Å². The number of hydrogen-bond donors (Lipinski definition) is 0. The molecule has 0 bridgehead atoms. The van der Waals surface area contributed by atoms with Gasteiger partial charge in [0.25, 0.3) is 0 Å². The molecular formula is C13H15N3O. The lowest BCUT2D eigenvalue weighted by atomic mass is 10.1. The number of rotatable bonds is 4. The van der Waals surface area contributed by atoms with Crippen LogP contribution in [0.5, 0.6) is 0 Å². The van der Waals surface area contributed by atoms with Crippen molar-refractivity contribution in [1.82, 2.24) is 14.5 Å². The molecule has 0 saturated carbocycles. The van der Waals surface area contributed by atoms with Gasteiger partial charge in [0, 0.05) is 25.1 Å². The molecule has 17 heavy (non-hydrogen) atoms. The highest BCUT2D eigenvalue weighted by Crippen LogP contribution is 2.11. The van der Waals surface area contributed by atoms with E-state index in [4.69, 9.17) is 0 Å². The van der Waals surface area contributed by atoms with Gasteiger partial charge >= 0.3 is 0 Å². The van der Waals surface area contributed by atoms with Gasteiger partial charge in [0.05, 0.1) is 0 Å². The van der Waals surface area contributed by atoms with Crippen LogP contribution in [0.1, 0.15) is 27.6 Å². The number of hydrogen-bond acceptors (Lipinski definition) is 3. The van der Waals surface area contributed by atoms with Crippen molar-refractivity contribution in [2.75, 3.05) is 0 Å². The van der Waals surface area contributed by atoms with E-state index in [9.17, 15) is 4.79 Å².